The van der Waals surface area contributed by atoms with Crippen molar-refractivity contribution >= 4 is 59.3 Å². The van der Waals surface area contributed by atoms with Crippen LogP contribution in [0.25, 0.3) is 75.5 Å². The van der Waals surface area contributed by atoms with Crippen LogP contribution >= 0.6 is 11.3 Å². The van der Waals surface area contributed by atoms with E-state index in [0.29, 0.717) is 0 Å². The second-order valence-corrected chi connectivity index (χ2v) is 16.7. The SMILES string of the molecule is CC1(C)c2ccccc2-c2c(N(c3ccccc3-c3ccc4ccccc4c3)c3ccc(-c4ccccc4)c4sc5c(-c6ccccc6)cccc5c34)cccc21. The second kappa shape index (κ2) is 13.2. The van der Waals surface area contributed by atoms with Gasteiger partial charge in [-0.05, 0) is 79.5 Å². The van der Waals surface area contributed by atoms with E-state index in [2.05, 4.69) is 219 Å². The fourth-order valence-corrected chi connectivity index (χ4v) is 10.7. The molecule has 10 aromatic rings. The summed E-state index contributed by atoms with van der Waals surface area (Å²) >= 11 is 1.92. The minimum absolute atomic E-state index is 0.141. The third-order valence-electron chi connectivity index (χ3n) is 12.1. The molecule has 0 atom stereocenters. The molecule has 0 amide bonds. The molecule has 0 aliphatic heterocycles. The van der Waals surface area contributed by atoms with Crippen molar-refractivity contribution in [3.8, 4) is 44.5 Å². The normalized spacial score (nSPS) is 12.9. The standard InChI is InChI=1S/C55H39NS/c1-55(2)46-27-13-11-24-44(46)51-47(55)28-16-30-49(51)56(48-29-14-12-23-41(48)40-32-31-36-17-9-10-22-39(36)35-40)50-34-33-43(38-20-7-4-8-21-38)54-52(50)45-26-15-25-42(53(45)57-54)37-18-5-3-6-19-37/h3-35H,1-2H3. The Morgan fingerprint density at radius 1 is 0.386 bits per heavy atom. The maximum Gasteiger partial charge on any atom is 0.0555 e. The summed E-state index contributed by atoms with van der Waals surface area (Å²) in [6.45, 7) is 4.75. The third-order valence-corrected chi connectivity index (χ3v) is 13.3. The van der Waals surface area contributed by atoms with E-state index in [0.717, 1.165) is 5.69 Å². The van der Waals surface area contributed by atoms with E-state index in [1.807, 2.05) is 11.3 Å². The van der Waals surface area contributed by atoms with E-state index < -0.39 is 0 Å². The number of para-hydroxylation sites is 1. The van der Waals surface area contributed by atoms with Gasteiger partial charge in [0.25, 0.3) is 0 Å². The van der Waals surface area contributed by atoms with Crippen LogP contribution in [0.15, 0.2) is 200 Å². The van der Waals surface area contributed by atoms with E-state index in [-0.39, 0.29) is 5.41 Å². The summed E-state index contributed by atoms with van der Waals surface area (Å²) in [6, 6.07) is 73.8. The zero-order valence-electron chi connectivity index (χ0n) is 31.9. The Morgan fingerprint density at radius 3 is 1.77 bits per heavy atom. The molecule has 0 saturated heterocycles. The lowest BCUT2D eigenvalue weighted by atomic mass is 9.82. The fraction of sp³-hybridized carbons (Fsp3) is 0.0545. The molecule has 0 radical (unpaired) electrons. The molecule has 1 aliphatic carbocycles. The zero-order valence-corrected chi connectivity index (χ0v) is 32.7. The number of benzene rings is 9. The lowest BCUT2D eigenvalue weighted by Crippen LogP contribution is -2.16. The van der Waals surface area contributed by atoms with Crippen LogP contribution in [0.1, 0.15) is 25.0 Å². The van der Waals surface area contributed by atoms with Crippen molar-refractivity contribution in [1.29, 1.82) is 0 Å². The molecule has 11 rings (SSSR count). The van der Waals surface area contributed by atoms with Gasteiger partial charge in [-0.15, -0.1) is 11.3 Å². The van der Waals surface area contributed by atoms with Crippen LogP contribution in [0.5, 0.6) is 0 Å². The number of hydrogen-bond donors (Lipinski definition) is 0. The van der Waals surface area contributed by atoms with Gasteiger partial charge in [0.15, 0.2) is 0 Å². The summed E-state index contributed by atoms with van der Waals surface area (Å²) in [4.78, 5) is 2.58. The average molecular weight is 746 g/mol. The Kier molecular flexibility index (Phi) is 7.77. The average Bonchev–Trinajstić information content (AvgIpc) is 3.78. The first-order chi connectivity index (χ1) is 28.1. The summed E-state index contributed by atoms with van der Waals surface area (Å²) in [6.07, 6.45) is 0. The van der Waals surface area contributed by atoms with Crippen LogP contribution < -0.4 is 4.90 Å². The van der Waals surface area contributed by atoms with Gasteiger partial charge in [-0.1, -0.05) is 190 Å². The van der Waals surface area contributed by atoms with Gasteiger partial charge in [0.1, 0.15) is 0 Å². The van der Waals surface area contributed by atoms with Crippen LogP contribution in [0, 0.1) is 0 Å². The van der Waals surface area contributed by atoms with Gasteiger partial charge in [0.2, 0.25) is 0 Å². The molecule has 9 aromatic carbocycles. The quantitative estimate of drug-likeness (QED) is 0.164. The summed E-state index contributed by atoms with van der Waals surface area (Å²) in [5.74, 6) is 0. The Balaban J connectivity index is 1.27. The molecule has 1 nitrogen and oxygen atoms in total. The molecule has 1 aliphatic rings. The summed E-state index contributed by atoms with van der Waals surface area (Å²) < 4.78 is 2.59. The van der Waals surface area contributed by atoms with Crippen LogP contribution in [0.3, 0.4) is 0 Å². The zero-order chi connectivity index (χ0) is 38.1. The Hall–Kier alpha value is -6.74. The molecule has 0 bridgehead atoms. The lowest BCUT2D eigenvalue weighted by molar-refractivity contribution is 0.660. The molecule has 0 N–H and O–H groups in total. The van der Waals surface area contributed by atoms with Gasteiger partial charge >= 0.3 is 0 Å². The van der Waals surface area contributed by atoms with E-state index in [1.165, 1.54) is 98.0 Å². The maximum atomic E-state index is 2.58. The van der Waals surface area contributed by atoms with Crippen molar-refractivity contribution in [2.75, 3.05) is 4.90 Å². The van der Waals surface area contributed by atoms with Crippen molar-refractivity contribution in [2.45, 2.75) is 19.3 Å². The first kappa shape index (κ1) is 33.6. The summed E-state index contributed by atoms with van der Waals surface area (Å²) in [5, 5.41) is 5.02. The van der Waals surface area contributed by atoms with Crippen molar-refractivity contribution in [1.82, 2.24) is 0 Å². The number of rotatable bonds is 6. The number of thiophene rings is 1. The third kappa shape index (κ3) is 5.29. The van der Waals surface area contributed by atoms with Crippen molar-refractivity contribution in [3.63, 3.8) is 0 Å². The highest BCUT2D eigenvalue weighted by Gasteiger charge is 2.38. The van der Waals surface area contributed by atoms with E-state index in [9.17, 15) is 0 Å². The second-order valence-electron chi connectivity index (χ2n) is 15.6. The molecule has 0 unspecified atom stereocenters. The Labute approximate surface area is 337 Å². The summed E-state index contributed by atoms with van der Waals surface area (Å²) in [7, 11) is 0. The monoisotopic (exact) mass is 745 g/mol. The fourth-order valence-electron chi connectivity index (χ4n) is 9.34. The highest BCUT2D eigenvalue weighted by molar-refractivity contribution is 7.27. The van der Waals surface area contributed by atoms with Gasteiger partial charge in [0.05, 0.1) is 17.1 Å². The van der Waals surface area contributed by atoms with Gasteiger partial charge in [-0.2, -0.15) is 0 Å². The molecule has 270 valence electrons. The van der Waals surface area contributed by atoms with Gasteiger partial charge in [-0.25, -0.2) is 0 Å². The highest BCUT2D eigenvalue weighted by Crippen LogP contribution is 2.57. The Bertz CT molecular complexity index is 3150. The molecule has 1 aromatic heterocycles. The number of fused-ring (bicyclic) bond motifs is 7. The van der Waals surface area contributed by atoms with Gasteiger partial charge in [-0.3, -0.25) is 0 Å². The van der Waals surface area contributed by atoms with Gasteiger partial charge in [0, 0.05) is 36.7 Å². The molecule has 0 saturated carbocycles. The Morgan fingerprint density at radius 2 is 0.982 bits per heavy atom. The molecule has 57 heavy (non-hydrogen) atoms. The van der Waals surface area contributed by atoms with Gasteiger partial charge < -0.3 is 4.90 Å². The van der Waals surface area contributed by atoms with E-state index in [1.54, 1.807) is 0 Å². The van der Waals surface area contributed by atoms with Crippen LogP contribution in [-0.4, -0.2) is 0 Å². The van der Waals surface area contributed by atoms with Crippen LogP contribution in [-0.2, 0) is 5.41 Å². The number of nitrogens with zero attached hydrogens (tertiary/aromatic N) is 1. The number of anilines is 3. The minimum Gasteiger partial charge on any atom is -0.309 e. The molecule has 0 fully saturated rings. The van der Waals surface area contributed by atoms with Crippen molar-refractivity contribution in [2.24, 2.45) is 0 Å². The van der Waals surface area contributed by atoms with E-state index >= 15 is 0 Å². The maximum absolute atomic E-state index is 2.58. The van der Waals surface area contributed by atoms with Crippen molar-refractivity contribution < 1.29 is 0 Å². The van der Waals surface area contributed by atoms with E-state index in [4.69, 9.17) is 0 Å². The first-order valence-electron chi connectivity index (χ1n) is 19.8. The molecule has 0 spiro atoms. The lowest BCUT2D eigenvalue weighted by Gasteiger charge is -2.31. The predicted molar refractivity (Wildman–Crippen MR) is 245 cm³/mol. The predicted octanol–water partition coefficient (Wildman–Crippen LogP) is 16.0. The summed E-state index contributed by atoms with van der Waals surface area (Å²) in [5.41, 5.74) is 16.1. The molecule has 2 heteroatoms. The topological polar surface area (TPSA) is 3.24 Å². The molecular weight excluding hydrogens is 707 g/mol. The first-order valence-corrected chi connectivity index (χ1v) is 20.6. The highest BCUT2D eigenvalue weighted by atomic mass is 32.1. The van der Waals surface area contributed by atoms with Crippen LogP contribution in [0.4, 0.5) is 17.1 Å². The molecular formula is C55H39NS. The van der Waals surface area contributed by atoms with Crippen molar-refractivity contribution in [3.05, 3.63) is 211 Å². The number of hydrogen-bond acceptors (Lipinski definition) is 2. The smallest absolute Gasteiger partial charge is 0.0555 e. The minimum atomic E-state index is -0.141. The molecule has 1 heterocycles. The van der Waals surface area contributed by atoms with Crippen LogP contribution in [0.2, 0.25) is 0 Å². The largest absolute Gasteiger partial charge is 0.309 e.